The molecular formula is C18H25N3O4. The lowest BCUT2D eigenvalue weighted by Gasteiger charge is -2.36. The number of aliphatic hydroxyl groups is 1. The summed E-state index contributed by atoms with van der Waals surface area (Å²) in [6.45, 7) is 8.67. The first-order valence-corrected chi connectivity index (χ1v) is 8.63. The van der Waals surface area contributed by atoms with Gasteiger partial charge in [0.15, 0.2) is 11.2 Å². The highest BCUT2D eigenvalue weighted by molar-refractivity contribution is 5.79. The number of benzene rings is 1. The van der Waals surface area contributed by atoms with E-state index in [1.54, 1.807) is 6.92 Å². The molecule has 0 aliphatic carbocycles. The Morgan fingerprint density at radius 2 is 2.08 bits per heavy atom. The van der Waals surface area contributed by atoms with Gasteiger partial charge in [-0.1, -0.05) is 6.07 Å². The third-order valence-electron chi connectivity index (χ3n) is 4.42. The molecule has 1 aliphatic heterocycles. The van der Waals surface area contributed by atoms with Gasteiger partial charge in [-0.25, -0.2) is 4.79 Å². The zero-order chi connectivity index (χ0) is 18.0. The third-order valence-corrected chi connectivity index (χ3v) is 4.42. The van der Waals surface area contributed by atoms with Crippen molar-refractivity contribution in [2.45, 2.75) is 26.4 Å². The third kappa shape index (κ3) is 3.93. The molecule has 7 nitrogen and oxygen atoms in total. The molecule has 3 rings (SSSR count). The van der Waals surface area contributed by atoms with Crippen LogP contribution in [0.4, 0.5) is 6.01 Å². The molecule has 2 aromatic rings. The lowest BCUT2D eigenvalue weighted by molar-refractivity contribution is -0.165. The van der Waals surface area contributed by atoms with Crippen molar-refractivity contribution >= 4 is 23.1 Å². The van der Waals surface area contributed by atoms with E-state index >= 15 is 0 Å². The number of aromatic nitrogens is 1. The van der Waals surface area contributed by atoms with Crippen molar-refractivity contribution in [3.05, 3.63) is 23.8 Å². The van der Waals surface area contributed by atoms with E-state index in [2.05, 4.69) is 14.8 Å². The van der Waals surface area contributed by atoms with E-state index in [9.17, 15) is 9.90 Å². The fraction of sp³-hybridized carbons (Fsp3) is 0.556. The predicted molar refractivity (Wildman–Crippen MR) is 94.7 cm³/mol. The molecule has 0 unspecified atom stereocenters. The Balaban J connectivity index is 1.60. The summed E-state index contributed by atoms with van der Waals surface area (Å²) >= 11 is 0. The number of carbonyl (C=O) groups is 1. The van der Waals surface area contributed by atoms with Gasteiger partial charge in [0.25, 0.3) is 6.01 Å². The molecule has 1 aromatic carbocycles. The molecule has 0 spiro atoms. The first-order chi connectivity index (χ1) is 11.9. The Kier molecular flexibility index (Phi) is 4.96. The van der Waals surface area contributed by atoms with E-state index in [0.29, 0.717) is 19.1 Å². The van der Waals surface area contributed by atoms with Gasteiger partial charge in [-0.15, -0.1) is 0 Å². The average molecular weight is 347 g/mol. The average Bonchev–Trinajstić information content (AvgIpc) is 2.98. The summed E-state index contributed by atoms with van der Waals surface area (Å²) in [7, 11) is 0. The molecule has 0 radical (unpaired) electrons. The van der Waals surface area contributed by atoms with E-state index in [-0.39, 0.29) is 13.2 Å². The van der Waals surface area contributed by atoms with Gasteiger partial charge < -0.3 is 19.2 Å². The Labute approximate surface area is 147 Å². The number of ether oxygens (including phenoxy) is 1. The highest BCUT2D eigenvalue weighted by Crippen LogP contribution is 2.24. The Morgan fingerprint density at radius 1 is 1.36 bits per heavy atom. The van der Waals surface area contributed by atoms with Crippen molar-refractivity contribution in [1.82, 2.24) is 9.88 Å². The molecule has 1 aromatic heterocycles. The van der Waals surface area contributed by atoms with Crippen LogP contribution in [0.15, 0.2) is 22.6 Å². The Bertz CT molecular complexity index is 748. The van der Waals surface area contributed by atoms with Crippen LogP contribution in [0.2, 0.25) is 0 Å². The van der Waals surface area contributed by atoms with E-state index in [4.69, 9.17) is 9.15 Å². The van der Waals surface area contributed by atoms with Crippen molar-refractivity contribution in [3.63, 3.8) is 0 Å². The number of aryl methyl sites for hydroxylation is 1. The molecule has 1 fully saturated rings. The maximum atomic E-state index is 11.8. The Hall–Kier alpha value is -2.12. The van der Waals surface area contributed by atoms with Crippen molar-refractivity contribution in [1.29, 1.82) is 0 Å². The number of fused-ring (bicyclic) bond motifs is 1. The second kappa shape index (κ2) is 7.01. The largest absolute Gasteiger partial charge is 0.464 e. The monoisotopic (exact) mass is 347 g/mol. The first-order valence-electron chi connectivity index (χ1n) is 8.63. The fourth-order valence-corrected chi connectivity index (χ4v) is 3.04. The SMILES string of the molecule is CCOC(=O)[C@](C)(O)CN1CCN(c2nc3cc(C)ccc3o2)CC1. The summed E-state index contributed by atoms with van der Waals surface area (Å²) < 4.78 is 10.8. The minimum atomic E-state index is -1.49. The minimum Gasteiger partial charge on any atom is -0.464 e. The number of hydrogen-bond donors (Lipinski definition) is 1. The van der Waals surface area contributed by atoms with Crippen molar-refractivity contribution in [2.24, 2.45) is 0 Å². The van der Waals surface area contributed by atoms with Gasteiger partial charge in [0.1, 0.15) is 5.52 Å². The number of carbonyl (C=O) groups excluding carboxylic acids is 1. The number of hydrogen-bond acceptors (Lipinski definition) is 7. The van der Waals surface area contributed by atoms with Crippen LogP contribution in [0.1, 0.15) is 19.4 Å². The quantitative estimate of drug-likeness (QED) is 0.823. The molecule has 1 atom stereocenters. The summed E-state index contributed by atoms with van der Waals surface area (Å²) in [4.78, 5) is 20.5. The van der Waals surface area contributed by atoms with Crippen LogP contribution in [-0.4, -0.2) is 65.9 Å². The van der Waals surface area contributed by atoms with Gasteiger partial charge in [-0.05, 0) is 38.5 Å². The van der Waals surface area contributed by atoms with Crippen LogP contribution in [0.5, 0.6) is 0 Å². The molecule has 0 saturated carbocycles. The van der Waals surface area contributed by atoms with Gasteiger partial charge in [0.05, 0.1) is 6.61 Å². The number of oxazole rings is 1. The zero-order valence-corrected chi connectivity index (χ0v) is 15.0. The van der Waals surface area contributed by atoms with E-state index < -0.39 is 11.6 Å². The predicted octanol–water partition coefficient (Wildman–Crippen LogP) is 1.57. The molecular weight excluding hydrogens is 322 g/mol. The van der Waals surface area contributed by atoms with E-state index in [0.717, 1.165) is 29.8 Å². The summed E-state index contributed by atoms with van der Waals surface area (Å²) in [5.74, 6) is -0.577. The summed E-state index contributed by atoms with van der Waals surface area (Å²) in [6, 6.07) is 6.58. The molecule has 7 heteroatoms. The van der Waals surface area contributed by atoms with Crippen molar-refractivity contribution < 1.29 is 19.1 Å². The van der Waals surface area contributed by atoms with Crippen molar-refractivity contribution in [2.75, 3.05) is 44.2 Å². The molecule has 25 heavy (non-hydrogen) atoms. The van der Waals surface area contributed by atoms with Crippen LogP contribution in [0.3, 0.4) is 0 Å². The van der Waals surface area contributed by atoms with Crippen LogP contribution < -0.4 is 4.90 Å². The molecule has 136 valence electrons. The standard InChI is InChI=1S/C18H25N3O4/c1-4-24-16(22)18(3,23)12-20-7-9-21(10-8-20)17-19-14-11-13(2)5-6-15(14)25-17/h5-6,11,23H,4,7-10,12H2,1-3H3/t18-/m1/s1. The molecule has 0 amide bonds. The molecule has 1 saturated heterocycles. The normalized spacial score (nSPS) is 18.3. The maximum absolute atomic E-state index is 11.8. The number of nitrogens with zero attached hydrogens (tertiary/aromatic N) is 3. The number of esters is 1. The highest BCUT2D eigenvalue weighted by atomic mass is 16.5. The zero-order valence-electron chi connectivity index (χ0n) is 15.0. The second-order valence-corrected chi connectivity index (χ2v) is 6.73. The lowest BCUT2D eigenvalue weighted by Crippen LogP contribution is -2.54. The minimum absolute atomic E-state index is 0.256. The van der Waals surface area contributed by atoms with Crippen LogP contribution in [0, 0.1) is 6.92 Å². The number of rotatable bonds is 5. The van der Waals surface area contributed by atoms with Crippen LogP contribution in [-0.2, 0) is 9.53 Å². The van der Waals surface area contributed by atoms with Crippen LogP contribution in [0.25, 0.3) is 11.1 Å². The smallest absolute Gasteiger partial charge is 0.339 e. The number of anilines is 1. The molecule has 1 aliphatic rings. The Morgan fingerprint density at radius 3 is 2.76 bits per heavy atom. The maximum Gasteiger partial charge on any atom is 0.339 e. The van der Waals surface area contributed by atoms with E-state index in [1.807, 2.05) is 25.1 Å². The number of β-amino-alcohol motifs (C(OH)–C–C–N with tert-alkyl or cyclic N) is 1. The topological polar surface area (TPSA) is 79.0 Å². The summed E-state index contributed by atoms with van der Waals surface area (Å²) in [5.41, 5.74) is 1.31. The van der Waals surface area contributed by atoms with E-state index in [1.165, 1.54) is 6.92 Å². The van der Waals surface area contributed by atoms with Gasteiger partial charge in [0.2, 0.25) is 0 Å². The first kappa shape index (κ1) is 17.7. The highest BCUT2D eigenvalue weighted by Gasteiger charge is 2.35. The fourth-order valence-electron chi connectivity index (χ4n) is 3.04. The van der Waals surface area contributed by atoms with Gasteiger partial charge >= 0.3 is 5.97 Å². The second-order valence-electron chi connectivity index (χ2n) is 6.73. The molecule has 1 N–H and O–H groups in total. The van der Waals surface area contributed by atoms with Gasteiger partial charge in [0, 0.05) is 32.7 Å². The lowest BCUT2D eigenvalue weighted by atomic mass is 10.1. The van der Waals surface area contributed by atoms with Gasteiger partial charge in [-0.2, -0.15) is 4.98 Å². The summed E-state index contributed by atoms with van der Waals surface area (Å²) in [5, 5.41) is 10.3. The summed E-state index contributed by atoms with van der Waals surface area (Å²) in [6.07, 6.45) is 0. The number of piperazine rings is 1. The van der Waals surface area contributed by atoms with Gasteiger partial charge in [-0.3, -0.25) is 4.90 Å². The molecule has 0 bridgehead atoms. The van der Waals surface area contributed by atoms with Crippen LogP contribution >= 0.6 is 0 Å². The van der Waals surface area contributed by atoms with Crippen molar-refractivity contribution in [3.8, 4) is 0 Å². The molecule has 2 heterocycles.